The summed E-state index contributed by atoms with van der Waals surface area (Å²) < 4.78 is 0. The molecule has 17 heavy (non-hydrogen) atoms. The van der Waals surface area contributed by atoms with Crippen molar-refractivity contribution in [3.8, 4) is 0 Å². The lowest BCUT2D eigenvalue weighted by atomic mass is 9.68. The smallest absolute Gasteiger partial charge is 0.223 e. The van der Waals surface area contributed by atoms with E-state index in [4.69, 9.17) is 5.11 Å². The molecule has 3 nitrogen and oxygen atoms in total. The first-order chi connectivity index (χ1) is 7.94. The van der Waals surface area contributed by atoms with Gasteiger partial charge in [0.05, 0.1) is 6.61 Å². The third kappa shape index (κ3) is 4.90. The van der Waals surface area contributed by atoms with Crippen molar-refractivity contribution in [3.63, 3.8) is 0 Å². The predicted octanol–water partition coefficient (Wildman–Crippen LogP) is 2.11. The first-order valence-electron chi connectivity index (χ1n) is 6.48. The molecule has 1 saturated carbocycles. The van der Waals surface area contributed by atoms with E-state index in [-0.39, 0.29) is 23.8 Å². The standard InChI is InChI=1S/C14H25NO2/c1-11-8-12(10-14(2,3)9-11)13(17)15-6-4-5-7-16/h4-5,11-12,16H,6-10H2,1-3H3,(H,15,17)/b5-4+. The van der Waals surface area contributed by atoms with Crippen LogP contribution in [0.3, 0.4) is 0 Å². The Kier molecular flexibility index (Phi) is 5.19. The van der Waals surface area contributed by atoms with Crippen LogP contribution >= 0.6 is 0 Å². The van der Waals surface area contributed by atoms with Crippen LogP contribution in [0.25, 0.3) is 0 Å². The fraction of sp³-hybridized carbons (Fsp3) is 0.786. The van der Waals surface area contributed by atoms with Crippen molar-refractivity contribution in [3.05, 3.63) is 12.2 Å². The van der Waals surface area contributed by atoms with Gasteiger partial charge < -0.3 is 10.4 Å². The Hall–Kier alpha value is -0.830. The van der Waals surface area contributed by atoms with E-state index in [1.807, 2.05) is 0 Å². The molecule has 2 unspecified atom stereocenters. The van der Waals surface area contributed by atoms with Gasteiger partial charge in [-0.2, -0.15) is 0 Å². The van der Waals surface area contributed by atoms with E-state index in [1.165, 1.54) is 6.42 Å². The minimum Gasteiger partial charge on any atom is -0.392 e. The minimum atomic E-state index is 0.0311. The van der Waals surface area contributed by atoms with Crippen molar-refractivity contribution in [2.24, 2.45) is 17.3 Å². The highest BCUT2D eigenvalue weighted by atomic mass is 16.2. The number of aliphatic hydroxyl groups is 1. The molecule has 0 aliphatic heterocycles. The molecule has 2 atom stereocenters. The van der Waals surface area contributed by atoms with Gasteiger partial charge in [-0.15, -0.1) is 0 Å². The highest BCUT2D eigenvalue weighted by Gasteiger charge is 2.35. The lowest BCUT2D eigenvalue weighted by molar-refractivity contribution is -0.127. The number of hydrogen-bond acceptors (Lipinski definition) is 2. The molecule has 1 aliphatic rings. The second kappa shape index (κ2) is 6.20. The third-order valence-corrected chi connectivity index (χ3v) is 3.42. The summed E-state index contributed by atoms with van der Waals surface area (Å²) in [4.78, 5) is 12.0. The molecule has 0 spiro atoms. The molecule has 3 heteroatoms. The van der Waals surface area contributed by atoms with E-state index in [1.54, 1.807) is 12.2 Å². The summed E-state index contributed by atoms with van der Waals surface area (Å²) in [5.41, 5.74) is 0.278. The molecule has 0 aromatic carbocycles. The van der Waals surface area contributed by atoms with E-state index in [0.29, 0.717) is 12.5 Å². The van der Waals surface area contributed by atoms with Crippen LogP contribution in [0, 0.1) is 17.3 Å². The highest BCUT2D eigenvalue weighted by Crippen LogP contribution is 2.41. The van der Waals surface area contributed by atoms with Crippen LogP contribution in [0.2, 0.25) is 0 Å². The van der Waals surface area contributed by atoms with Gasteiger partial charge >= 0.3 is 0 Å². The number of amides is 1. The van der Waals surface area contributed by atoms with Crippen LogP contribution in [-0.4, -0.2) is 24.2 Å². The topological polar surface area (TPSA) is 49.3 Å². The molecule has 1 rings (SSSR count). The second-order valence-electron chi connectivity index (χ2n) is 6.01. The maximum Gasteiger partial charge on any atom is 0.223 e. The summed E-state index contributed by atoms with van der Waals surface area (Å²) in [7, 11) is 0. The van der Waals surface area contributed by atoms with Crippen LogP contribution in [0.4, 0.5) is 0 Å². The molecule has 1 fully saturated rings. The quantitative estimate of drug-likeness (QED) is 0.738. The van der Waals surface area contributed by atoms with E-state index >= 15 is 0 Å². The fourth-order valence-electron chi connectivity index (χ4n) is 3.01. The summed E-state index contributed by atoms with van der Waals surface area (Å²) in [6, 6.07) is 0. The van der Waals surface area contributed by atoms with Crippen LogP contribution in [-0.2, 0) is 4.79 Å². The molecular formula is C14H25NO2. The molecule has 1 aliphatic carbocycles. The Morgan fingerprint density at radius 3 is 2.71 bits per heavy atom. The molecule has 0 aromatic heterocycles. The summed E-state index contributed by atoms with van der Waals surface area (Å²) in [6.45, 7) is 7.27. The first-order valence-corrected chi connectivity index (χ1v) is 6.48. The number of hydrogen-bond donors (Lipinski definition) is 2. The maximum atomic E-state index is 12.0. The first kappa shape index (κ1) is 14.2. The summed E-state index contributed by atoms with van der Waals surface area (Å²) in [5.74, 6) is 0.936. The third-order valence-electron chi connectivity index (χ3n) is 3.42. The largest absolute Gasteiger partial charge is 0.392 e. The Morgan fingerprint density at radius 1 is 1.41 bits per heavy atom. The molecule has 0 radical (unpaired) electrons. The molecule has 0 saturated heterocycles. The van der Waals surface area contributed by atoms with Crippen molar-refractivity contribution in [2.45, 2.75) is 40.0 Å². The van der Waals surface area contributed by atoms with E-state index < -0.39 is 0 Å². The number of carbonyl (C=O) groups is 1. The van der Waals surface area contributed by atoms with Gasteiger partial charge in [-0.05, 0) is 30.6 Å². The van der Waals surface area contributed by atoms with Crippen molar-refractivity contribution < 1.29 is 9.90 Å². The highest BCUT2D eigenvalue weighted by molar-refractivity contribution is 5.78. The van der Waals surface area contributed by atoms with Gasteiger partial charge in [0, 0.05) is 12.5 Å². The predicted molar refractivity (Wildman–Crippen MR) is 69.5 cm³/mol. The van der Waals surface area contributed by atoms with Crippen LogP contribution in [0.15, 0.2) is 12.2 Å². The summed E-state index contributed by atoms with van der Waals surface area (Å²) >= 11 is 0. The summed E-state index contributed by atoms with van der Waals surface area (Å²) in [6.07, 6.45) is 6.62. The zero-order valence-corrected chi connectivity index (χ0v) is 11.2. The zero-order valence-electron chi connectivity index (χ0n) is 11.2. The number of aliphatic hydroxyl groups excluding tert-OH is 1. The van der Waals surface area contributed by atoms with Crippen molar-refractivity contribution in [2.75, 3.05) is 13.2 Å². The normalized spacial score (nSPS) is 28.2. The Morgan fingerprint density at radius 2 is 2.12 bits per heavy atom. The van der Waals surface area contributed by atoms with Gasteiger partial charge in [-0.25, -0.2) is 0 Å². The molecule has 98 valence electrons. The molecule has 0 heterocycles. The maximum absolute atomic E-state index is 12.0. The fourth-order valence-corrected chi connectivity index (χ4v) is 3.01. The van der Waals surface area contributed by atoms with Gasteiger partial charge in [0.1, 0.15) is 0 Å². The number of rotatable bonds is 4. The molecule has 1 amide bonds. The average molecular weight is 239 g/mol. The van der Waals surface area contributed by atoms with Crippen molar-refractivity contribution in [1.82, 2.24) is 5.32 Å². The van der Waals surface area contributed by atoms with Crippen LogP contribution in [0.1, 0.15) is 40.0 Å². The summed E-state index contributed by atoms with van der Waals surface area (Å²) in [5, 5.41) is 11.5. The minimum absolute atomic E-state index is 0.0311. The van der Waals surface area contributed by atoms with E-state index in [0.717, 1.165) is 12.8 Å². The number of carbonyl (C=O) groups excluding carboxylic acids is 1. The number of nitrogens with one attached hydrogen (secondary N) is 1. The van der Waals surface area contributed by atoms with Crippen molar-refractivity contribution >= 4 is 5.91 Å². The molecule has 0 aromatic rings. The second-order valence-corrected chi connectivity index (χ2v) is 6.01. The van der Waals surface area contributed by atoms with E-state index in [9.17, 15) is 4.79 Å². The van der Waals surface area contributed by atoms with Gasteiger partial charge in [-0.3, -0.25) is 4.79 Å². The van der Waals surface area contributed by atoms with Gasteiger partial charge in [-0.1, -0.05) is 32.9 Å². The van der Waals surface area contributed by atoms with Gasteiger partial charge in [0.25, 0.3) is 0 Å². The van der Waals surface area contributed by atoms with Gasteiger partial charge in [0.15, 0.2) is 0 Å². The Bertz CT molecular complexity index is 284. The monoisotopic (exact) mass is 239 g/mol. The lowest BCUT2D eigenvalue weighted by Gasteiger charge is -2.38. The SMILES string of the molecule is CC1CC(C(=O)NC/C=C/CO)CC(C)(C)C1. The lowest BCUT2D eigenvalue weighted by Crippen LogP contribution is -2.38. The Labute approximate surface area is 104 Å². The molecule has 2 N–H and O–H groups in total. The van der Waals surface area contributed by atoms with Crippen LogP contribution in [0.5, 0.6) is 0 Å². The Balaban J connectivity index is 2.43. The van der Waals surface area contributed by atoms with Crippen LogP contribution < -0.4 is 5.32 Å². The zero-order chi connectivity index (χ0) is 12.9. The average Bonchev–Trinajstić information content (AvgIpc) is 2.21. The molecular weight excluding hydrogens is 214 g/mol. The molecule has 0 bridgehead atoms. The van der Waals surface area contributed by atoms with Crippen molar-refractivity contribution in [1.29, 1.82) is 0 Å². The van der Waals surface area contributed by atoms with Gasteiger partial charge in [0.2, 0.25) is 5.91 Å². The van der Waals surface area contributed by atoms with E-state index in [2.05, 4.69) is 26.1 Å².